The van der Waals surface area contributed by atoms with E-state index in [1.165, 1.54) is 96.1 Å². The molecule has 6 aromatic rings. The van der Waals surface area contributed by atoms with Crippen molar-refractivity contribution in [2.75, 3.05) is 0 Å². The van der Waals surface area contributed by atoms with Gasteiger partial charge < -0.3 is 0 Å². The highest BCUT2D eigenvalue weighted by molar-refractivity contribution is 6.22. The van der Waals surface area contributed by atoms with Gasteiger partial charge in [0, 0.05) is 0 Å². The zero-order valence-corrected chi connectivity index (χ0v) is 35.4. The molecule has 9 rings (SSSR count). The lowest BCUT2D eigenvalue weighted by Gasteiger charge is -2.49. The lowest BCUT2D eigenvalue weighted by atomic mass is 9.56. The van der Waals surface area contributed by atoms with Gasteiger partial charge in [0.15, 0.2) is 0 Å². The number of hydrogen-bond acceptors (Lipinski definition) is 0. The highest BCUT2D eigenvalue weighted by atomic mass is 14.5. The van der Waals surface area contributed by atoms with Crippen LogP contribution in [0.2, 0.25) is 0 Å². The number of benzene rings is 6. The first-order chi connectivity index (χ1) is 27.8. The molecule has 0 heteroatoms. The number of fused-ring (bicyclic) bond motifs is 7. The van der Waals surface area contributed by atoms with Gasteiger partial charge in [0.2, 0.25) is 0 Å². The number of hydrogen-bond donors (Lipinski definition) is 0. The van der Waals surface area contributed by atoms with E-state index in [2.05, 4.69) is 156 Å². The predicted octanol–water partition coefficient (Wildman–Crippen LogP) is 17.1. The third-order valence-corrected chi connectivity index (χ3v) is 13.2. The SMILES string of the molecule is C=Cc1ccc(-c2ccc3c(-c4cc(C=C)c(C)c5ccccc45)c4ccccc4c(C4=CCC5C(=C4)C(C)(C)C4C=CCCC5C4)c3c2)cc1C=C.CC.CC. The third-order valence-electron chi connectivity index (χ3n) is 13.2. The van der Waals surface area contributed by atoms with Crippen LogP contribution in [0.4, 0.5) is 0 Å². The zero-order valence-electron chi connectivity index (χ0n) is 35.4. The molecule has 3 aliphatic rings. The van der Waals surface area contributed by atoms with E-state index in [0.29, 0.717) is 11.8 Å². The lowest BCUT2D eigenvalue weighted by Crippen LogP contribution is -2.39. The topological polar surface area (TPSA) is 0 Å². The zero-order chi connectivity index (χ0) is 40.4. The summed E-state index contributed by atoms with van der Waals surface area (Å²) in [5.74, 6) is 1.96. The molecule has 1 saturated carbocycles. The van der Waals surface area contributed by atoms with E-state index in [1.54, 1.807) is 5.57 Å². The van der Waals surface area contributed by atoms with Crippen LogP contribution in [-0.4, -0.2) is 0 Å². The molecule has 3 atom stereocenters. The first kappa shape index (κ1) is 39.8. The minimum atomic E-state index is 0.119. The van der Waals surface area contributed by atoms with E-state index < -0.39 is 0 Å². The van der Waals surface area contributed by atoms with Crippen LogP contribution in [0.5, 0.6) is 0 Å². The van der Waals surface area contributed by atoms with E-state index in [4.69, 9.17) is 0 Å². The number of rotatable bonds is 6. The summed E-state index contributed by atoms with van der Waals surface area (Å²) in [6, 6.07) is 34.2. The summed E-state index contributed by atoms with van der Waals surface area (Å²) in [5.41, 5.74) is 14.1. The Balaban J connectivity index is 0.00000120. The van der Waals surface area contributed by atoms with Gasteiger partial charge in [0.25, 0.3) is 0 Å². The molecule has 57 heavy (non-hydrogen) atoms. The molecule has 0 saturated heterocycles. The number of aryl methyl sites for hydroxylation is 1. The fourth-order valence-electron chi connectivity index (χ4n) is 10.2. The van der Waals surface area contributed by atoms with Crippen LogP contribution in [0.1, 0.15) is 95.0 Å². The van der Waals surface area contributed by atoms with Crippen molar-refractivity contribution in [3.63, 3.8) is 0 Å². The Morgan fingerprint density at radius 1 is 0.632 bits per heavy atom. The fraction of sp³-hybridized carbons (Fsp3) is 0.263. The van der Waals surface area contributed by atoms with Crippen molar-refractivity contribution in [2.45, 2.75) is 74.1 Å². The van der Waals surface area contributed by atoms with Crippen molar-refractivity contribution >= 4 is 56.1 Å². The summed E-state index contributed by atoms with van der Waals surface area (Å²) < 4.78 is 0. The molecule has 0 N–H and O–H groups in total. The first-order valence-electron chi connectivity index (χ1n) is 21.4. The first-order valence-corrected chi connectivity index (χ1v) is 21.4. The molecule has 288 valence electrons. The molecule has 0 radical (unpaired) electrons. The van der Waals surface area contributed by atoms with Crippen LogP contribution < -0.4 is 0 Å². The highest BCUT2D eigenvalue weighted by Gasteiger charge is 2.45. The van der Waals surface area contributed by atoms with Crippen LogP contribution in [0.15, 0.2) is 141 Å². The van der Waals surface area contributed by atoms with Crippen LogP contribution in [0.3, 0.4) is 0 Å². The van der Waals surface area contributed by atoms with E-state index in [9.17, 15) is 0 Å². The van der Waals surface area contributed by atoms with Crippen LogP contribution in [0.25, 0.3) is 78.4 Å². The van der Waals surface area contributed by atoms with Gasteiger partial charge in [-0.25, -0.2) is 0 Å². The van der Waals surface area contributed by atoms with E-state index >= 15 is 0 Å². The smallest absolute Gasteiger partial charge is 0.00199 e. The molecule has 0 spiro atoms. The van der Waals surface area contributed by atoms with Crippen molar-refractivity contribution in [3.05, 3.63) is 168 Å². The molecule has 2 bridgehead atoms. The van der Waals surface area contributed by atoms with Gasteiger partial charge in [-0.3, -0.25) is 0 Å². The molecule has 0 amide bonds. The second-order valence-electron chi connectivity index (χ2n) is 16.1. The van der Waals surface area contributed by atoms with Gasteiger partial charge in [-0.1, -0.05) is 182 Å². The van der Waals surface area contributed by atoms with E-state index in [-0.39, 0.29) is 5.41 Å². The Labute approximate surface area is 342 Å². The minimum Gasteiger partial charge on any atom is -0.0985 e. The second kappa shape index (κ2) is 16.6. The molecular formula is C57H60. The summed E-state index contributed by atoms with van der Waals surface area (Å²) in [7, 11) is 0. The van der Waals surface area contributed by atoms with Gasteiger partial charge >= 0.3 is 0 Å². The molecule has 0 aliphatic heterocycles. The molecule has 6 aromatic carbocycles. The Hall–Kier alpha value is -5.46. The molecule has 0 nitrogen and oxygen atoms in total. The summed E-state index contributed by atoms with van der Waals surface area (Å²) in [5, 5.41) is 7.71. The van der Waals surface area contributed by atoms with Crippen molar-refractivity contribution in [1.82, 2.24) is 0 Å². The van der Waals surface area contributed by atoms with Crippen molar-refractivity contribution in [3.8, 4) is 22.3 Å². The molecule has 1 fully saturated rings. The number of allylic oxidation sites excluding steroid dienone is 6. The van der Waals surface area contributed by atoms with Crippen molar-refractivity contribution in [2.24, 2.45) is 23.2 Å². The van der Waals surface area contributed by atoms with Gasteiger partial charge in [0.1, 0.15) is 0 Å². The van der Waals surface area contributed by atoms with Crippen molar-refractivity contribution in [1.29, 1.82) is 0 Å². The summed E-state index contributed by atoms with van der Waals surface area (Å²) >= 11 is 0. The minimum absolute atomic E-state index is 0.119. The summed E-state index contributed by atoms with van der Waals surface area (Å²) in [4.78, 5) is 0. The summed E-state index contributed by atoms with van der Waals surface area (Å²) in [6.45, 7) is 27.6. The Bertz CT molecular complexity index is 2610. The van der Waals surface area contributed by atoms with Gasteiger partial charge in [-0.2, -0.15) is 0 Å². The molecule has 0 aromatic heterocycles. The quantitative estimate of drug-likeness (QED) is 0.118. The molecule has 3 aliphatic carbocycles. The normalized spacial score (nSPS) is 19.2. The molecule has 3 unspecified atom stereocenters. The van der Waals surface area contributed by atoms with E-state index in [0.717, 1.165) is 23.5 Å². The monoisotopic (exact) mass is 744 g/mol. The van der Waals surface area contributed by atoms with Crippen LogP contribution >= 0.6 is 0 Å². The molecule has 0 heterocycles. The van der Waals surface area contributed by atoms with Crippen LogP contribution in [0, 0.1) is 30.1 Å². The van der Waals surface area contributed by atoms with Crippen molar-refractivity contribution < 1.29 is 0 Å². The summed E-state index contributed by atoms with van der Waals surface area (Å²) in [6.07, 6.45) is 21.0. The highest BCUT2D eigenvalue weighted by Crippen LogP contribution is 2.57. The Kier molecular flexibility index (Phi) is 11.6. The van der Waals surface area contributed by atoms with E-state index in [1.807, 2.05) is 45.9 Å². The average Bonchev–Trinajstić information content (AvgIpc) is 3.52. The standard InChI is InChI=1S/C53H48.2C2H6/c1-7-34-22-23-37(28-36(34)9-3)38-24-27-47-49(31-38)51(40-25-26-43-39-16-10-11-17-41(29-39)53(5,6)50(43)32-40)45-20-14-15-21-46(45)52(47)48-30-35(8-2)33(4)42-18-12-13-19-44(42)48;2*1-2/h7-9,11-15,17-25,27-28,30-32,39,41,43H,1-3,10,16,26,29H2,4-6H3;2*1-2H3. The largest absolute Gasteiger partial charge is 0.0985 e. The third kappa shape index (κ3) is 6.78. The van der Waals surface area contributed by atoms with Gasteiger partial charge in [-0.05, 0) is 162 Å². The van der Waals surface area contributed by atoms with Crippen LogP contribution in [-0.2, 0) is 0 Å². The maximum atomic E-state index is 4.25. The maximum Gasteiger partial charge on any atom is -0.00199 e. The van der Waals surface area contributed by atoms with Gasteiger partial charge in [-0.15, -0.1) is 0 Å². The molecular weight excluding hydrogens is 685 g/mol. The van der Waals surface area contributed by atoms with Gasteiger partial charge in [0.05, 0.1) is 0 Å². The fourth-order valence-corrected chi connectivity index (χ4v) is 10.2. The lowest BCUT2D eigenvalue weighted by molar-refractivity contribution is 0.148. The second-order valence-corrected chi connectivity index (χ2v) is 16.1. The maximum absolute atomic E-state index is 4.25. The Morgan fingerprint density at radius 3 is 1.95 bits per heavy atom. The predicted molar refractivity (Wildman–Crippen MR) is 255 cm³/mol. The Morgan fingerprint density at radius 2 is 1.25 bits per heavy atom. The average molecular weight is 745 g/mol.